The number of carbonyl (C=O) groups is 3. The summed E-state index contributed by atoms with van der Waals surface area (Å²) in [5.74, 6) is 0.0162. The van der Waals surface area contributed by atoms with Crippen LogP contribution in [0.2, 0.25) is 5.22 Å². The molecule has 2 fully saturated rings. The van der Waals surface area contributed by atoms with Gasteiger partial charge in [0.15, 0.2) is 16.8 Å². The predicted molar refractivity (Wildman–Crippen MR) is 167 cm³/mol. The lowest BCUT2D eigenvalue weighted by Gasteiger charge is -2.38. The smallest absolute Gasteiger partial charge is 0.291 e. The first kappa shape index (κ1) is 29.7. The minimum Gasteiger partial charge on any atom is -0.440 e. The quantitative estimate of drug-likeness (QED) is 0.189. The molecular formula is C33H39ClN4O4. The largest absolute Gasteiger partial charge is 0.440 e. The number of unbranched alkanes of at least 4 members (excludes halogenated alkanes) is 3. The van der Waals surface area contributed by atoms with Crippen LogP contribution in [0.15, 0.2) is 59.0 Å². The van der Waals surface area contributed by atoms with Gasteiger partial charge in [-0.3, -0.25) is 14.4 Å². The summed E-state index contributed by atoms with van der Waals surface area (Å²) in [5, 5.41) is 3.11. The van der Waals surface area contributed by atoms with Crippen LogP contribution in [0.25, 0.3) is 0 Å². The van der Waals surface area contributed by atoms with E-state index in [1.54, 1.807) is 6.07 Å². The second-order valence-corrected chi connectivity index (χ2v) is 11.5. The molecule has 9 heteroatoms. The third-order valence-corrected chi connectivity index (χ3v) is 8.40. The summed E-state index contributed by atoms with van der Waals surface area (Å²) in [5.41, 5.74) is 4.52. The van der Waals surface area contributed by atoms with Gasteiger partial charge in [0.2, 0.25) is 5.91 Å². The number of furan rings is 1. The number of amides is 2. The van der Waals surface area contributed by atoms with E-state index < -0.39 is 5.91 Å². The first-order chi connectivity index (χ1) is 20.4. The highest BCUT2D eigenvalue weighted by molar-refractivity contribution is 6.29. The Labute approximate surface area is 252 Å². The molecule has 0 aliphatic carbocycles. The second-order valence-electron chi connectivity index (χ2n) is 11.1. The van der Waals surface area contributed by atoms with E-state index in [0.29, 0.717) is 24.1 Å². The molecule has 0 radical (unpaired) electrons. The maximum absolute atomic E-state index is 13.1. The number of benzene rings is 2. The highest BCUT2D eigenvalue weighted by atomic mass is 35.5. The first-order valence-corrected chi connectivity index (χ1v) is 15.3. The molecule has 2 aromatic carbocycles. The summed E-state index contributed by atoms with van der Waals surface area (Å²) < 4.78 is 5.32. The Morgan fingerprint density at radius 3 is 2.31 bits per heavy atom. The Morgan fingerprint density at radius 1 is 0.881 bits per heavy atom. The predicted octanol–water partition coefficient (Wildman–Crippen LogP) is 6.58. The molecule has 1 N–H and O–H groups in total. The highest BCUT2D eigenvalue weighted by Crippen LogP contribution is 2.31. The zero-order valence-electron chi connectivity index (χ0n) is 24.2. The van der Waals surface area contributed by atoms with Crippen LogP contribution in [0.1, 0.15) is 71.4 Å². The number of hydrogen-bond acceptors (Lipinski definition) is 6. The summed E-state index contributed by atoms with van der Waals surface area (Å²) >= 11 is 5.90. The molecule has 2 aliphatic rings. The maximum atomic E-state index is 13.1. The summed E-state index contributed by atoms with van der Waals surface area (Å²) in [6.45, 7) is 7.07. The van der Waals surface area contributed by atoms with Crippen LogP contribution >= 0.6 is 11.6 Å². The normalized spacial score (nSPS) is 15.4. The highest BCUT2D eigenvalue weighted by Gasteiger charge is 2.23. The van der Waals surface area contributed by atoms with Gasteiger partial charge < -0.3 is 24.4 Å². The standard InChI is InChI=1S/C33H39ClN4O4/c1-24-9-5-6-10-27(24)36-19-21-37(22-20-36)28-14-13-25(23-26(28)35-33(41)30-15-16-31(34)42-30)29(39)11-4-2-3-7-17-38-18-8-12-32(38)40/h5-6,9-10,13-16,23H,2-4,7-8,11-12,17-22H2,1H3,(H,35,41). The average molecular weight is 591 g/mol. The van der Waals surface area contributed by atoms with Crippen LogP contribution in [0, 0.1) is 6.92 Å². The number of halogens is 1. The molecule has 0 spiro atoms. The van der Waals surface area contributed by atoms with E-state index in [1.807, 2.05) is 17.0 Å². The molecule has 0 bridgehead atoms. The van der Waals surface area contributed by atoms with Crippen molar-refractivity contribution in [3.63, 3.8) is 0 Å². The molecule has 2 saturated heterocycles. The van der Waals surface area contributed by atoms with Crippen molar-refractivity contribution in [2.45, 2.75) is 51.9 Å². The monoisotopic (exact) mass is 590 g/mol. The van der Waals surface area contributed by atoms with E-state index in [0.717, 1.165) is 77.1 Å². The van der Waals surface area contributed by atoms with Crippen LogP contribution in [0.3, 0.4) is 0 Å². The molecule has 2 aliphatic heterocycles. The van der Waals surface area contributed by atoms with Crippen molar-refractivity contribution in [3.05, 3.63) is 76.7 Å². The number of anilines is 3. The molecule has 222 valence electrons. The fraction of sp³-hybridized carbons (Fsp3) is 0.424. The van der Waals surface area contributed by atoms with Crippen molar-refractivity contribution in [2.75, 3.05) is 54.4 Å². The second kappa shape index (κ2) is 13.9. The van der Waals surface area contributed by atoms with Crippen LogP contribution in [-0.4, -0.2) is 61.8 Å². The van der Waals surface area contributed by atoms with Gasteiger partial charge in [-0.25, -0.2) is 0 Å². The molecule has 42 heavy (non-hydrogen) atoms. The summed E-state index contributed by atoms with van der Waals surface area (Å²) in [7, 11) is 0. The Morgan fingerprint density at radius 2 is 1.62 bits per heavy atom. The summed E-state index contributed by atoms with van der Waals surface area (Å²) in [6.07, 6.45) is 5.79. The molecule has 3 heterocycles. The number of para-hydroxylation sites is 1. The lowest BCUT2D eigenvalue weighted by molar-refractivity contribution is -0.127. The maximum Gasteiger partial charge on any atom is 0.291 e. The molecular weight excluding hydrogens is 552 g/mol. The molecule has 5 rings (SSSR count). The van der Waals surface area contributed by atoms with Crippen molar-refractivity contribution in [3.8, 4) is 0 Å². The third kappa shape index (κ3) is 7.34. The lowest BCUT2D eigenvalue weighted by Crippen LogP contribution is -2.47. The number of Topliss-reactive ketones (excluding diaryl/α,β-unsaturated/α-hetero) is 1. The third-order valence-electron chi connectivity index (χ3n) is 8.19. The number of likely N-dealkylation sites (tertiary alicyclic amines) is 1. The Hall–Kier alpha value is -3.78. The minimum absolute atomic E-state index is 0.0529. The van der Waals surface area contributed by atoms with Crippen LogP contribution in [-0.2, 0) is 4.79 Å². The molecule has 8 nitrogen and oxygen atoms in total. The van der Waals surface area contributed by atoms with Crippen molar-refractivity contribution in [1.82, 2.24) is 4.90 Å². The first-order valence-electron chi connectivity index (χ1n) is 15.0. The average Bonchev–Trinajstić information content (AvgIpc) is 3.62. The van der Waals surface area contributed by atoms with Gasteiger partial charge in [0.1, 0.15) is 0 Å². The van der Waals surface area contributed by atoms with E-state index >= 15 is 0 Å². The van der Waals surface area contributed by atoms with Gasteiger partial charge in [-0.1, -0.05) is 31.0 Å². The van der Waals surface area contributed by atoms with E-state index in [-0.39, 0.29) is 22.7 Å². The molecule has 1 aromatic heterocycles. The number of aryl methyl sites for hydroxylation is 1. The zero-order valence-corrected chi connectivity index (χ0v) is 25.0. The fourth-order valence-electron chi connectivity index (χ4n) is 5.84. The van der Waals surface area contributed by atoms with Gasteiger partial charge in [-0.2, -0.15) is 0 Å². The number of piperazine rings is 1. The fourth-order valence-corrected chi connectivity index (χ4v) is 5.98. The van der Waals surface area contributed by atoms with Gasteiger partial charge in [0.25, 0.3) is 5.91 Å². The zero-order chi connectivity index (χ0) is 29.5. The van der Waals surface area contributed by atoms with Gasteiger partial charge in [-0.05, 0) is 79.7 Å². The number of nitrogens with one attached hydrogen (secondary N) is 1. The number of rotatable bonds is 12. The Balaban J connectivity index is 1.22. The topological polar surface area (TPSA) is 86.1 Å². The van der Waals surface area contributed by atoms with Gasteiger partial charge in [0.05, 0.1) is 11.4 Å². The Kier molecular flexibility index (Phi) is 9.85. The van der Waals surface area contributed by atoms with Gasteiger partial charge in [-0.15, -0.1) is 0 Å². The van der Waals surface area contributed by atoms with Crippen molar-refractivity contribution < 1.29 is 18.8 Å². The molecule has 0 saturated carbocycles. The lowest BCUT2D eigenvalue weighted by atomic mass is 10.0. The van der Waals surface area contributed by atoms with Crippen LogP contribution < -0.4 is 15.1 Å². The SMILES string of the molecule is Cc1ccccc1N1CCN(c2ccc(C(=O)CCCCCCN3CCCC3=O)cc2NC(=O)c2ccc(Cl)o2)CC1. The number of nitrogens with zero attached hydrogens (tertiary/aromatic N) is 3. The molecule has 0 atom stereocenters. The van der Waals surface area contributed by atoms with E-state index in [9.17, 15) is 14.4 Å². The summed E-state index contributed by atoms with van der Waals surface area (Å²) in [6, 6.07) is 17.1. The van der Waals surface area contributed by atoms with Crippen molar-refractivity contribution in [2.24, 2.45) is 0 Å². The van der Waals surface area contributed by atoms with E-state index in [1.165, 1.54) is 23.4 Å². The number of ketones is 1. The van der Waals surface area contributed by atoms with E-state index in [4.69, 9.17) is 16.0 Å². The molecule has 2 amide bonds. The van der Waals surface area contributed by atoms with Crippen molar-refractivity contribution >= 4 is 46.3 Å². The number of carbonyl (C=O) groups excluding carboxylic acids is 3. The molecule has 0 unspecified atom stereocenters. The molecule has 3 aromatic rings. The number of hydrogen-bond donors (Lipinski definition) is 1. The van der Waals surface area contributed by atoms with Crippen LogP contribution in [0.5, 0.6) is 0 Å². The van der Waals surface area contributed by atoms with Crippen molar-refractivity contribution in [1.29, 1.82) is 0 Å². The summed E-state index contributed by atoms with van der Waals surface area (Å²) in [4.78, 5) is 44.5. The van der Waals surface area contributed by atoms with E-state index in [2.05, 4.69) is 46.3 Å². The minimum atomic E-state index is -0.414. The Bertz CT molecular complexity index is 1410. The van der Waals surface area contributed by atoms with Gasteiger partial charge >= 0.3 is 0 Å². The van der Waals surface area contributed by atoms with Gasteiger partial charge in [0, 0.05) is 63.4 Å². The van der Waals surface area contributed by atoms with Crippen LogP contribution in [0.4, 0.5) is 17.1 Å².